The summed E-state index contributed by atoms with van der Waals surface area (Å²) in [6, 6.07) is 9.94. The fraction of sp³-hybridized carbons (Fsp3) is 0.400. The van der Waals surface area contributed by atoms with Crippen LogP contribution in [0, 0.1) is 0 Å². The lowest BCUT2D eigenvalue weighted by Crippen LogP contribution is -2.21. The zero-order valence-corrected chi connectivity index (χ0v) is 16.1. The topological polar surface area (TPSA) is 34.9 Å². The van der Waals surface area contributed by atoms with Gasteiger partial charge in [-0.15, -0.1) is 11.3 Å². The van der Waals surface area contributed by atoms with Gasteiger partial charge in [-0.2, -0.15) is 0 Å². The molecular weight excluding hydrogens is 348 g/mol. The predicted octanol–water partition coefficient (Wildman–Crippen LogP) is 5.22. The maximum absolute atomic E-state index is 13.4. The van der Waals surface area contributed by atoms with E-state index < -0.39 is 0 Å². The Labute approximate surface area is 156 Å². The van der Waals surface area contributed by atoms with Crippen LogP contribution in [0.25, 0.3) is 15.9 Å². The van der Waals surface area contributed by atoms with Crippen molar-refractivity contribution in [3.63, 3.8) is 0 Å². The number of hydrogen-bond acceptors (Lipinski definition) is 4. The van der Waals surface area contributed by atoms with Gasteiger partial charge >= 0.3 is 0 Å². The third kappa shape index (κ3) is 3.15. The molecule has 0 fully saturated rings. The highest BCUT2D eigenvalue weighted by Gasteiger charge is 2.23. The van der Waals surface area contributed by atoms with Crippen LogP contribution in [0.2, 0.25) is 0 Å². The lowest BCUT2D eigenvalue weighted by Gasteiger charge is -2.12. The summed E-state index contributed by atoms with van der Waals surface area (Å²) in [5.41, 5.74) is 2.27. The predicted molar refractivity (Wildman–Crippen MR) is 107 cm³/mol. The van der Waals surface area contributed by atoms with Crippen molar-refractivity contribution < 1.29 is 0 Å². The monoisotopic (exact) mass is 370 g/mol. The van der Waals surface area contributed by atoms with Gasteiger partial charge in [-0.3, -0.25) is 9.36 Å². The van der Waals surface area contributed by atoms with E-state index in [0.717, 1.165) is 52.5 Å². The van der Waals surface area contributed by atoms with E-state index in [-0.39, 0.29) is 5.56 Å². The van der Waals surface area contributed by atoms with Crippen LogP contribution in [0.4, 0.5) is 0 Å². The van der Waals surface area contributed by atoms with Crippen molar-refractivity contribution in [2.75, 3.05) is 5.75 Å². The number of aromatic nitrogens is 2. The van der Waals surface area contributed by atoms with Gasteiger partial charge in [0, 0.05) is 10.6 Å². The number of hydrogen-bond donors (Lipinski definition) is 0. The molecule has 1 aliphatic rings. The molecule has 0 saturated heterocycles. The van der Waals surface area contributed by atoms with Gasteiger partial charge in [0.25, 0.3) is 5.56 Å². The van der Waals surface area contributed by atoms with Crippen LogP contribution >= 0.6 is 23.1 Å². The molecule has 2 heterocycles. The Morgan fingerprint density at radius 1 is 1.20 bits per heavy atom. The number of fused-ring (bicyclic) bond motifs is 3. The second kappa shape index (κ2) is 7.34. The summed E-state index contributed by atoms with van der Waals surface area (Å²) in [5.74, 6) is 1.00. The third-order valence-electron chi connectivity index (χ3n) is 4.70. The molecule has 0 bridgehead atoms. The van der Waals surface area contributed by atoms with Crippen molar-refractivity contribution in [1.82, 2.24) is 9.55 Å². The van der Waals surface area contributed by atoms with Gasteiger partial charge in [0.1, 0.15) is 4.83 Å². The van der Waals surface area contributed by atoms with Gasteiger partial charge in [0.2, 0.25) is 0 Å². The first-order valence-corrected chi connectivity index (χ1v) is 10.9. The van der Waals surface area contributed by atoms with Crippen molar-refractivity contribution in [1.29, 1.82) is 0 Å². The van der Waals surface area contributed by atoms with Gasteiger partial charge in [-0.1, -0.05) is 49.7 Å². The highest BCUT2D eigenvalue weighted by Crippen LogP contribution is 2.36. The van der Waals surface area contributed by atoms with Crippen LogP contribution in [-0.4, -0.2) is 15.3 Å². The van der Waals surface area contributed by atoms with Gasteiger partial charge in [0.05, 0.1) is 11.1 Å². The third-order valence-corrected chi connectivity index (χ3v) is 6.91. The smallest absolute Gasteiger partial charge is 0.267 e. The highest BCUT2D eigenvalue weighted by molar-refractivity contribution is 7.99. The lowest BCUT2D eigenvalue weighted by atomic mass is 10.2. The molecule has 25 heavy (non-hydrogen) atoms. The molecule has 1 aliphatic carbocycles. The maximum Gasteiger partial charge on any atom is 0.267 e. The zero-order valence-electron chi connectivity index (χ0n) is 14.5. The molecule has 0 unspecified atom stereocenters. The first-order chi connectivity index (χ1) is 12.3. The SMILES string of the molecule is CCCCCSc1nc2sc3c(c2c(=O)n1-c1ccccc1)CCC3. The summed E-state index contributed by atoms with van der Waals surface area (Å²) in [7, 11) is 0. The number of benzene rings is 1. The molecule has 130 valence electrons. The van der Waals surface area contributed by atoms with Crippen LogP contribution in [0.5, 0.6) is 0 Å². The minimum absolute atomic E-state index is 0.105. The standard InChI is InChI=1S/C20H22N2OS2/c1-2-3-7-13-24-20-21-18-17(15-11-8-12-16(15)25-18)19(23)22(20)14-9-5-4-6-10-14/h4-6,9-10H,2-3,7-8,11-13H2,1H3. The minimum Gasteiger partial charge on any atom is -0.268 e. The fourth-order valence-corrected chi connectivity index (χ4v) is 5.76. The largest absolute Gasteiger partial charge is 0.268 e. The summed E-state index contributed by atoms with van der Waals surface area (Å²) in [6.07, 6.45) is 6.86. The number of rotatable bonds is 6. The average molecular weight is 371 g/mol. The van der Waals surface area contributed by atoms with Gasteiger partial charge in [-0.05, 0) is 43.4 Å². The summed E-state index contributed by atoms with van der Waals surface area (Å²) in [5, 5.41) is 1.69. The second-order valence-electron chi connectivity index (χ2n) is 6.46. The Kier molecular flexibility index (Phi) is 4.95. The van der Waals surface area contributed by atoms with Crippen LogP contribution < -0.4 is 5.56 Å². The second-order valence-corrected chi connectivity index (χ2v) is 8.61. The van der Waals surface area contributed by atoms with Crippen molar-refractivity contribution in [3.05, 3.63) is 51.1 Å². The molecular formula is C20H22N2OS2. The van der Waals surface area contributed by atoms with Gasteiger partial charge in [0.15, 0.2) is 5.16 Å². The van der Waals surface area contributed by atoms with Crippen molar-refractivity contribution in [2.45, 2.75) is 50.6 Å². The summed E-state index contributed by atoms with van der Waals surface area (Å²) in [4.78, 5) is 20.6. The van der Waals surface area contributed by atoms with Gasteiger partial charge < -0.3 is 0 Å². The Morgan fingerprint density at radius 2 is 2.04 bits per heavy atom. The number of para-hydroxylation sites is 1. The number of thioether (sulfide) groups is 1. The Balaban J connectivity index is 1.85. The van der Waals surface area contributed by atoms with E-state index in [0.29, 0.717) is 0 Å². The van der Waals surface area contributed by atoms with Crippen LogP contribution in [0.15, 0.2) is 40.3 Å². The summed E-state index contributed by atoms with van der Waals surface area (Å²) < 4.78 is 1.82. The molecule has 3 nitrogen and oxygen atoms in total. The number of thiophene rings is 1. The zero-order chi connectivity index (χ0) is 17.2. The Hall–Kier alpha value is -1.59. The Bertz CT molecular complexity index is 944. The normalized spacial score (nSPS) is 13.5. The molecule has 0 saturated carbocycles. The van der Waals surface area contributed by atoms with E-state index >= 15 is 0 Å². The molecule has 0 N–H and O–H groups in total. The molecule has 0 atom stereocenters. The molecule has 0 aliphatic heterocycles. The van der Waals surface area contributed by atoms with Crippen LogP contribution in [0.1, 0.15) is 43.0 Å². The molecule has 3 aromatic rings. The number of unbranched alkanes of at least 4 members (excludes halogenated alkanes) is 2. The molecule has 0 radical (unpaired) electrons. The molecule has 1 aromatic carbocycles. The molecule has 5 heteroatoms. The first kappa shape index (κ1) is 16.9. The summed E-state index contributed by atoms with van der Waals surface area (Å²) >= 11 is 3.43. The lowest BCUT2D eigenvalue weighted by molar-refractivity contribution is 0.772. The quantitative estimate of drug-likeness (QED) is 0.339. The van der Waals surface area contributed by atoms with Crippen molar-refractivity contribution >= 4 is 33.3 Å². The van der Waals surface area contributed by atoms with E-state index in [1.807, 2.05) is 34.9 Å². The highest BCUT2D eigenvalue weighted by atomic mass is 32.2. The minimum atomic E-state index is 0.105. The van der Waals surface area contributed by atoms with E-state index in [4.69, 9.17) is 4.98 Å². The van der Waals surface area contributed by atoms with E-state index in [1.54, 1.807) is 23.1 Å². The maximum atomic E-state index is 13.4. The number of nitrogens with zero attached hydrogens (tertiary/aromatic N) is 2. The summed E-state index contributed by atoms with van der Waals surface area (Å²) in [6.45, 7) is 2.21. The van der Waals surface area contributed by atoms with Crippen LogP contribution in [-0.2, 0) is 12.8 Å². The van der Waals surface area contributed by atoms with E-state index in [2.05, 4.69) is 6.92 Å². The van der Waals surface area contributed by atoms with Gasteiger partial charge in [-0.25, -0.2) is 4.98 Å². The van der Waals surface area contributed by atoms with E-state index in [1.165, 1.54) is 23.3 Å². The average Bonchev–Trinajstić information content (AvgIpc) is 3.20. The van der Waals surface area contributed by atoms with Crippen molar-refractivity contribution in [3.8, 4) is 5.69 Å². The van der Waals surface area contributed by atoms with E-state index in [9.17, 15) is 4.79 Å². The molecule has 4 rings (SSSR count). The molecule has 2 aromatic heterocycles. The molecule has 0 spiro atoms. The molecule has 0 amide bonds. The fourth-order valence-electron chi connectivity index (χ4n) is 3.44. The first-order valence-electron chi connectivity index (χ1n) is 9.05. The Morgan fingerprint density at radius 3 is 2.84 bits per heavy atom. The van der Waals surface area contributed by atoms with Crippen molar-refractivity contribution in [2.24, 2.45) is 0 Å². The number of aryl methyl sites for hydroxylation is 2. The van der Waals surface area contributed by atoms with Crippen LogP contribution in [0.3, 0.4) is 0 Å².